The summed E-state index contributed by atoms with van der Waals surface area (Å²) in [5, 5.41) is 4.27. The Morgan fingerprint density at radius 3 is 2.72 bits per heavy atom. The summed E-state index contributed by atoms with van der Waals surface area (Å²) in [6.45, 7) is 5.23. The first-order valence-electron chi connectivity index (χ1n) is 11.1. The van der Waals surface area contributed by atoms with Crippen LogP contribution in [0, 0.1) is 0 Å². The third-order valence-electron chi connectivity index (χ3n) is 5.70. The van der Waals surface area contributed by atoms with Crippen molar-refractivity contribution in [3.63, 3.8) is 0 Å². The zero-order valence-electron chi connectivity index (χ0n) is 18.4. The number of carbonyl (C=O) groups excluding carboxylic acids is 1. The smallest absolute Gasteiger partial charge is 0.374 e. The molecule has 2 aliphatic heterocycles. The molecule has 32 heavy (non-hydrogen) atoms. The van der Waals surface area contributed by atoms with Crippen LogP contribution in [-0.4, -0.2) is 74.8 Å². The number of rotatable bonds is 5. The zero-order chi connectivity index (χ0) is 22.1. The molecule has 3 aromatic rings. The van der Waals surface area contributed by atoms with Gasteiger partial charge in [0.25, 0.3) is 0 Å². The van der Waals surface area contributed by atoms with E-state index in [0.717, 1.165) is 24.8 Å². The van der Waals surface area contributed by atoms with Crippen molar-refractivity contribution in [3.05, 3.63) is 18.2 Å². The van der Waals surface area contributed by atoms with Crippen LogP contribution >= 0.6 is 0 Å². The first kappa shape index (κ1) is 20.8. The lowest BCUT2D eigenvalue weighted by atomic mass is 10.2. The fraction of sp³-hybridized carbons (Fsp3) is 0.571. The highest BCUT2D eigenvalue weighted by atomic mass is 16.5. The number of fused-ring (bicyclic) bond motifs is 1. The van der Waals surface area contributed by atoms with Gasteiger partial charge in [-0.3, -0.25) is 9.25 Å². The minimum atomic E-state index is -0.490. The number of aryl methyl sites for hydroxylation is 1. The molecule has 0 radical (unpaired) electrons. The van der Waals surface area contributed by atoms with Gasteiger partial charge in [0, 0.05) is 32.9 Å². The average molecular weight is 441 g/mol. The SMILES string of the molecule is CCOC(=O)c1nc2c(N3CCOCC3)nc(-c3cnn(C)c3)nc2n1C1CCCCO1. The number of ether oxygens (including phenoxy) is 3. The molecule has 0 aromatic carbocycles. The molecule has 0 amide bonds. The second-order valence-electron chi connectivity index (χ2n) is 7.89. The first-order valence-corrected chi connectivity index (χ1v) is 11.1. The Bertz CT molecular complexity index is 1110. The summed E-state index contributed by atoms with van der Waals surface area (Å²) in [5.74, 6) is 0.910. The molecule has 0 saturated carbocycles. The van der Waals surface area contributed by atoms with E-state index in [1.54, 1.807) is 22.4 Å². The molecule has 2 fully saturated rings. The first-order chi connectivity index (χ1) is 15.7. The van der Waals surface area contributed by atoms with Gasteiger partial charge in [0.05, 0.1) is 31.6 Å². The van der Waals surface area contributed by atoms with Gasteiger partial charge in [-0.2, -0.15) is 5.10 Å². The lowest BCUT2D eigenvalue weighted by Gasteiger charge is -2.28. The molecule has 11 heteroatoms. The lowest BCUT2D eigenvalue weighted by molar-refractivity contribution is -0.0321. The number of hydrogen-bond donors (Lipinski definition) is 0. The predicted octanol–water partition coefficient (Wildman–Crippen LogP) is 1.94. The van der Waals surface area contributed by atoms with Gasteiger partial charge in [0.1, 0.15) is 6.23 Å². The number of morpholine rings is 1. The van der Waals surface area contributed by atoms with Gasteiger partial charge in [-0.25, -0.2) is 19.7 Å². The van der Waals surface area contributed by atoms with E-state index in [1.807, 2.05) is 13.2 Å². The summed E-state index contributed by atoms with van der Waals surface area (Å²) in [6.07, 6.45) is 6.04. The van der Waals surface area contributed by atoms with Crippen molar-refractivity contribution in [1.29, 1.82) is 0 Å². The molecule has 0 spiro atoms. The molecule has 170 valence electrons. The second kappa shape index (κ2) is 8.83. The van der Waals surface area contributed by atoms with E-state index < -0.39 is 5.97 Å². The van der Waals surface area contributed by atoms with Crippen LogP contribution < -0.4 is 4.90 Å². The van der Waals surface area contributed by atoms with Gasteiger partial charge < -0.3 is 19.1 Å². The highest BCUT2D eigenvalue weighted by Crippen LogP contribution is 2.33. The number of anilines is 1. The number of nitrogens with zero attached hydrogens (tertiary/aromatic N) is 7. The Kier molecular flexibility index (Phi) is 5.75. The minimum Gasteiger partial charge on any atom is -0.460 e. The molecule has 3 aromatic heterocycles. The van der Waals surface area contributed by atoms with Crippen LogP contribution in [0.1, 0.15) is 43.0 Å². The molecule has 5 heterocycles. The third kappa shape index (κ3) is 3.82. The van der Waals surface area contributed by atoms with E-state index in [9.17, 15) is 4.79 Å². The van der Waals surface area contributed by atoms with Crippen LogP contribution in [-0.2, 0) is 21.3 Å². The van der Waals surface area contributed by atoms with Crippen molar-refractivity contribution in [2.45, 2.75) is 32.4 Å². The Morgan fingerprint density at radius 1 is 1.19 bits per heavy atom. The van der Waals surface area contributed by atoms with Crippen LogP contribution in [0.25, 0.3) is 22.6 Å². The van der Waals surface area contributed by atoms with Gasteiger partial charge in [0.15, 0.2) is 22.8 Å². The zero-order valence-corrected chi connectivity index (χ0v) is 18.4. The molecule has 1 atom stereocenters. The van der Waals surface area contributed by atoms with Crippen molar-refractivity contribution < 1.29 is 19.0 Å². The van der Waals surface area contributed by atoms with E-state index in [2.05, 4.69) is 10.00 Å². The highest BCUT2D eigenvalue weighted by molar-refractivity contribution is 5.94. The Labute approximate surface area is 185 Å². The maximum atomic E-state index is 12.9. The summed E-state index contributed by atoms with van der Waals surface area (Å²) in [4.78, 5) is 29.4. The van der Waals surface area contributed by atoms with Gasteiger partial charge in [-0.1, -0.05) is 0 Å². The van der Waals surface area contributed by atoms with E-state index in [4.69, 9.17) is 29.2 Å². The van der Waals surface area contributed by atoms with Crippen molar-refractivity contribution in [1.82, 2.24) is 29.3 Å². The monoisotopic (exact) mass is 441 g/mol. The van der Waals surface area contributed by atoms with Crippen LogP contribution in [0.5, 0.6) is 0 Å². The number of imidazole rings is 1. The normalized spacial score (nSPS) is 19.4. The molecule has 2 aliphatic rings. The largest absolute Gasteiger partial charge is 0.460 e. The molecule has 11 nitrogen and oxygen atoms in total. The van der Waals surface area contributed by atoms with Crippen LogP contribution in [0.15, 0.2) is 12.4 Å². The molecule has 0 bridgehead atoms. The quantitative estimate of drug-likeness (QED) is 0.549. The fourth-order valence-corrected chi connectivity index (χ4v) is 4.16. The van der Waals surface area contributed by atoms with Gasteiger partial charge >= 0.3 is 5.97 Å². The summed E-state index contributed by atoms with van der Waals surface area (Å²) >= 11 is 0. The molecule has 5 rings (SSSR count). The highest BCUT2D eigenvalue weighted by Gasteiger charge is 2.31. The minimum absolute atomic E-state index is 0.195. The van der Waals surface area contributed by atoms with Gasteiger partial charge in [-0.15, -0.1) is 0 Å². The standard InChI is InChI=1S/C21H27N7O4/c1-3-31-21(29)20-23-16-18(27-7-10-30-11-8-27)24-17(14-12-22-26(2)13-14)25-19(16)28(20)15-6-4-5-9-32-15/h12-13,15H,3-11H2,1-2H3. The van der Waals surface area contributed by atoms with Gasteiger partial charge in [-0.05, 0) is 26.2 Å². The van der Waals surface area contributed by atoms with E-state index >= 15 is 0 Å². The molecule has 2 saturated heterocycles. The second-order valence-corrected chi connectivity index (χ2v) is 7.89. The van der Waals surface area contributed by atoms with Gasteiger partial charge in [0.2, 0.25) is 5.82 Å². The van der Waals surface area contributed by atoms with Crippen LogP contribution in [0.4, 0.5) is 5.82 Å². The van der Waals surface area contributed by atoms with E-state index in [-0.39, 0.29) is 18.7 Å². The van der Waals surface area contributed by atoms with Crippen molar-refractivity contribution >= 4 is 23.0 Å². The lowest BCUT2D eigenvalue weighted by Crippen LogP contribution is -2.37. The maximum Gasteiger partial charge on any atom is 0.374 e. The van der Waals surface area contributed by atoms with E-state index in [0.29, 0.717) is 55.7 Å². The van der Waals surface area contributed by atoms with Crippen molar-refractivity contribution in [2.24, 2.45) is 7.05 Å². The maximum absolute atomic E-state index is 12.9. The number of aromatic nitrogens is 6. The predicted molar refractivity (Wildman–Crippen MR) is 115 cm³/mol. The summed E-state index contributed by atoms with van der Waals surface area (Å²) in [5.41, 5.74) is 1.92. The van der Waals surface area contributed by atoms with Crippen LogP contribution in [0.2, 0.25) is 0 Å². The Morgan fingerprint density at radius 2 is 2.03 bits per heavy atom. The van der Waals surface area contributed by atoms with Crippen LogP contribution in [0.3, 0.4) is 0 Å². The summed E-state index contributed by atoms with van der Waals surface area (Å²) in [7, 11) is 1.85. The fourth-order valence-electron chi connectivity index (χ4n) is 4.16. The molecule has 0 N–H and O–H groups in total. The summed E-state index contributed by atoms with van der Waals surface area (Å²) < 4.78 is 20.4. The van der Waals surface area contributed by atoms with Crippen molar-refractivity contribution in [2.75, 3.05) is 44.4 Å². The Balaban J connectivity index is 1.74. The topological polar surface area (TPSA) is 109 Å². The van der Waals surface area contributed by atoms with Crippen molar-refractivity contribution in [3.8, 4) is 11.4 Å². The summed E-state index contributed by atoms with van der Waals surface area (Å²) in [6, 6.07) is 0. The average Bonchev–Trinajstić information content (AvgIpc) is 3.43. The van der Waals surface area contributed by atoms with E-state index in [1.165, 1.54) is 0 Å². The number of esters is 1. The third-order valence-corrected chi connectivity index (χ3v) is 5.70. The Hall–Kier alpha value is -3.05. The molecular weight excluding hydrogens is 414 g/mol. The molecule has 0 aliphatic carbocycles. The number of hydrogen-bond acceptors (Lipinski definition) is 9. The molecular formula is C21H27N7O4. The molecule has 1 unspecified atom stereocenters. The number of carbonyl (C=O) groups is 1.